The Kier molecular flexibility index (Phi) is 7.04. The number of piperidine rings is 1. The van der Waals surface area contributed by atoms with Crippen LogP contribution in [0.15, 0.2) is 78.9 Å². The molecule has 0 saturated carbocycles. The van der Waals surface area contributed by atoms with Crippen LogP contribution < -0.4 is 11.1 Å². The van der Waals surface area contributed by atoms with E-state index >= 15 is 0 Å². The van der Waals surface area contributed by atoms with E-state index in [0.29, 0.717) is 24.3 Å². The van der Waals surface area contributed by atoms with Gasteiger partial charge in [0.15, 0.2) is 0 Å². The number of carboxylic acid groups (broad SMARTS) is 1. The van der Waals surface area contributed by atoms with Crippen molar-refractivity contribution in [3.05, 3.63) is 101 Å². The largest absolute Gasteiger partial charge is 0.478 e. The molecule has 1 aliphatic heterocycles. The van der Waals surface area contributed by atoms with Crippen LogP contribution in [0, 0.1) is 0 Å². The number of carbonyl (C=O) groups excluding carboxylic acids is 2. The predicted molar refractivity (Wildman–Crippen MR) is 130 cm³/mol. The molecule has 0 aliphatic carbocycles. The van der Waals surface area contributed by atoms with Crippen molar-refractivity contribution in [3.8, 4) is 0 Å². The molecule has 0 aromatic heterocycles. The first-order chi connectivity index (χ1) is 16.5. The molecule has 0 spiro atoms. The van der Waals surface area contributed by atoms with Crippen LogP contribution in [0.1, 0.15) is 50.6 Å². The number of carboxylic acids is 1. The quantitative estimate of drug-likeness (QED) is 0.520. The molecule has 4 rings (SSSR count). The maximum absolute atomic E-state index is 13.6. The Morgan fingerprint density at radius 3 is 2.18 bits per heavy atom. The first kappa shape index (κ1) is 23.2. The van der Waals surface area contributed by atoms with Crippen molar-refractivity contribution >= 4 is 23.5 Å². The van der Waals surface area contributed by atoms with Crippen LogP contribution in [0.4, 0.5) is 5.69 Å². The highest BCUT2D eigenvalue weighted by molar-refractivity contribution is 6.02. The summed E-state index contributed by atoms with van der Waals surface area (Å²) < 4.78 is 0. The maximum Gasteiger partial charge on any atom is 0.335 e. The second kappa shape index (κ2) is 10.3. The van der Waals surface area contributed by atoms with Gasteiger partial charge >= 0.3 is 5.97 Å². The van der Waals surface area contributed by atoms with Crippen LogP contribution in [0.25, 0.3) is 0 Å². The first-order valence-corrected chi connectivity index (χ1v) is 11.3. The van der Waals surface area contributed by atoms with Crippen LogP contribution in [0.5, 0.6) is 0 Å². The standard InChI is InChI=1S/C27H27N3O4/c28-17-18-8-10-20(11-9-18)26(32)30-16-4-7-23(19-5-2-1-3-6-19)24(30)25(31)29-22-14-12-21(13-15-22)27(33)34/h1-3,5-6,8-15,23-24H,4,7,16-17,28H2,(H,29,31)(H,33,34). The van der Waals surface area contributed by atoms with Crippen molar-refractivity contribution in [2.45, 2.75) is 31.3 Å². The van der Waals surface area contributed by atoms with E-state index in [1.165, 1.54) is 12.1 Å². The van der Waals surface area contributed by atoms with E-state index in [2.05, 4.69) is 5.32 Å². The summed E-state index contributed by atoms with van der Waals surface area (Å²) >= 11 is 0. The summed E-state index contributed by atoms with van der Waals surface area (Å²) in [6, 6.07) is 22.2. The van der Waals surface area contributed by atoms with Crippen molar-refractivity contribution in [1.82, 2.24) is 4.90 Å². The lowest BCUT2D eigenvalue weighted by molar-refractivity contribution is -0.122. The molecule has 2 amide bonds. The molecule has 1 saturated heterocycles. The van der Waals surface area contributed by atoms with Gasteiger partial charge in [0.2, 0.25) is 5.91 Å². The minimum absolute atomic E-state index is 0.135. The molecule has 0 bridgehead atoms. The lowest BCUT2D eigenvalue weighted by Crippen LogP contribution is -2.53. The van der Waals surface area contributed by atoms with E-state index in [-0.39, 0.29) is 23.3 Å². The van der Waals surface area contributed by atoms with Gasteiger partial charge in [0.05, 0.1) is 5.56 Å². The molecule has 3 aromatic rings. The van der Waals surface area contributed by atoms with E-state index in [4.69, 9.17) is 10.8 Å². The molecule has 7 heteroatoms. The predicted octanol–water partition coefficient (Wildman–Crippen LogP) is 3.87. The van der Waals surface area contributed by atoms with Gasteiger partial charge < -0.3 is 21.1 Å². The van der Waals surface area contributed by atoms with Crippen molar-refractivity contribution in [3.63, 3.8) is 0 Å². The fourth-order valence-corrected chi connectivity index (χ4v) is 4.46. The fraction of sp³-hybridized carbons (Fsp3) is 0.222. The number of likely N-dealkylation sites (tertiary alicyclic amines) is 1. The number of rotatable bonds is 6. The Labute approximate surface area is 198 Å². The van der Waals surface area contributed by atoms with Gasteiger partial charge in [-0.2, -0.15) is 0 Å². The smallest absolute Gasteiger partial charge is 0.335 e. The van der Waals surface area contributed by atoms with Crippen molar-refractivity contribution in [1.29, 1.82) is 0 Å². The summed E-state index contributed by atoms with van der Waals surface area (Å²) in [6.45, 7) is 0.858. The van der Waals surface area contributed by atoms with Crippen LogP contribution in [0.2, 0.25) is 0 Å². The Morgan fingerprint density at radius 2 is 1.56 bits per heavy atom. The normalized spacial score (nSPS) is 17.7. The molecular weight excluding hydrogens is 430 g/mol. The topological polar surface area (TPSA) is 113 Å². The highest BCUT2D eigenvalue weighted by Gasteiger charge is 2.40. The summed E-state index contributed by atoms with van der Waals surface area (Å²) in [5, 5.41) is 12.0. The monoisotopic (exact) mass is 457 g/mol. The minimum atomic E-state index is -1.04. The second-order valence-electron chi connectivity index (χ2n) is 8.38. The van der Waals surface area contributed by atoms with E-state index < -0.39 is 12.0 Å². The molecule has 3 aromatic carbocycles. The molecule has 1 aliphatic rings. The van der Waals surface area contributed by atoms with E-state index in [0.717, 1.165) is 24.0 Å². The summed E-state index contributed by atoms with van der Waals surface area (Å²) in [6.07, 6.45) is 1.55. The minimum Gasteiger partial charge on any atom is -0.478 e. The summed E-state index contributed by atoms with van der Waals surface area (Å²) in [5.41, 5.74) is 8.73. The molecule has 7 nitrogen and oxygen atoms in total. The summed E-state index contributed by atoms with van der Waals surface area (Å²) in [4.78, 5) is 39.9. The Balaban J connectivity index is 1.65. The van der Waals surface area contributed by atoms with Gasteiger partial charge in [-0.1, -0.05) is 42.5 Å². The lowest BCUT2D eigenvalue weighted by atomic mass is 9.82. The summed E-state index contributed by atoms with van der Waals surface area (Å²) in [5.74, 6) is -1.71. The average molecular weight is 458 g/mol. The third kappa shape index (κ3) is 5.00. The van der Waals surface area contributed by atoms with Crippen LogP contribution in [-0.2, 0) is 11.3 Å². The number of nitrogens with two attached hydrogens (primary N) is 1. The van der Waals surface area contributed by atoms with Crippen LogP contribution >= 0.6 is 0 Å². The first-order valence-electron chi connectivity index (χ1n) is 11.3. The molecule has 174 valence electrons. The number of hydrogen-bond acceptors (Lipinski definition) is 4. The average Bonchev–Trinajstić information content (AvgIpc) is 2.88. The molecule has 1 heterocycles. The highest BCUT2D eigenvalue weighted by Crippen LogP contribution is 2.34. The van der Waals surface area contributed by atoms with Gasteiger partial charge in [0.1, 0.15) is 6.04 Å². The van der Waals surface area contributed by atoms with Gasteiger partial charge in [-0.25, -0.2) is 4.79 Å². The van der Waals surface area contributed by atoms with Gasteiger partial charge in [-0.05, 0) is 60.4 Å². The fourth-order valence-electron chi connectivity index (χ4n) is 4.46. The Bertz CT molecular complexity index is 1160. The number of benzene rings is 3. The number of nitrogens with zero attached hydrogens (tertiary/aromatic N) is 1. The van der Waals surface area contributed by atoms with Crippen LogP contribution in [-0.4, -0.2) is 40.4 Å². The third-order valence-electron chi connectivity index (χ3n) is 6.22. The third-order valence-corrected chi connectivity index (χ3v) is 6.22. The van der Waals surface area contributed by atoms with Crippen molar-refractivity contribution < 1.29 is 19.5 Å². The summed E-state index contributed by atoms with van der Waals surface area (Å²) in [7, 11) is 0. The molecule has 2 unspecified atom stereocenters. The number of anilines is 1. The van der Waals surface area contributed by atoms with Gasteiger partial charge in [0.25, 0.3) is 5.91 Å². The highest BCUT2D eigenvalue weighted by atomic mass is 16.4. The molecular formula is C27H27N3O4. The van der Waals surface area contributed by atoms with Crippen LogP contribution in [0.3, 0.4) is 0 Å². The molecule has 2 atom stereocenters. The lowest BCUT2D eigenvalue weighted by Gasteiger charge is -2.40. The number of amides is 2. The van der Waals surface area contributed by atoms with E-state index in [9.17, 15) is 14.4 Å². The number of carbonyl (C=O) groups is 3. The zero-order valence-corrected chi connectivity index (χ0v) is 18.7. The molecule has 1 fully saturated rings. The molecule has 4 N–H and O–H groups in total. The van der Waals surface area contributed by atoms with Gasteiger partial charge in [-0.15, -0.1) is 0 Å². The molecule has 0 radical (unpaired) electrons. The van der Waals surface area contributed by atoms with Gasteiger partial charge in [-0.3, -0.25) is 9.59 Å². The SMILES string of the molecule is NCc1ccc(C(=O)N2CCCC(c3ccccc3)C2C(=O)Nc2ccc(C(=O)O)cc2)cc1. The van der Waals surface area contributed by atoms with E-state index in [1.54, 1.807) is 29.2 Å². The van der Waals surface area contributed by atoms with Gasteiger partial charge in [0, 0.05) is 30.3 Å². The van der Waals surface area contributed by atoms with Crippen molar-refractivity contribution in [2.24, 2.45) is 5.73 Å². The Morgan fingerprint density at radius 1 is 0.912 bits per heavy atom. The Hall–Kier alpha value is -3.97. The maximum atomic E-state index is 13.6. The van der Waals surface area contributed by atoms with Crippen molar-refractivity contribution in [2.75, 3.05) is 11.9 Å². The van der Waals surface area contributed by atoms with E-state index in [1.807, 2.05) is 42.5 Å². The number of aromatic carboxylic acids is 1. The second-order valence-corrected chi connectivity index (χ2v) is 8.38. The zero-order valence-electron chi connectivity index (χ0n) is 18.7. The number of hydrogen-bond donors (Lipinski definition) is 3. The zero-order chi connectivity index (χ0) is 24.1. The number of nitrogens with one attached hydrogen (secondary N) is 1. The molecule has 34 heavy (non-hydrogen) atoms.